The van der Waals surface area contributed by atoms with Crippen LogP contribution in [0.3, 0.4) is 0 Å². The summed E-state index contributed by atoms with van der Waals surface area (Å²) in [5, 5.41) is 0.602. The summed E-state index contributed by atoms with van der Waals surface area (Å²) >= 11 is 6.36. The number of amides is 3. The van der Waals surface area contributed by atoms with E-state index in [9.17, 15) is 9.59 Å². The van der Waals surface area contributed by atoms with E-state index in [1.807, 2.05) is 56.0 Å². The molecule has 2 atom stereocenters. The monoisotopic (exact) mass is 445 g/mol. The summed E-state index contributed by atoms with van der Waals surface area (Å²) in [6, 6.07) is 12.6. The Balaban J connectivity index is 1.88. The molecule has 0 saturated carbocycles. The average molecular weight is 446 g/mol. The maximum Gasteiger partial charge on any atom is 0.324 e. The van der Waals surface area contributed by atoms with Crippen molar-refractivity contribution in [2.75, 3.05) is 25.1 Å². The van der Waals surface area contributed by atoms with Crippen molar-refractivity contribution in [3.05, 3.63) is 64.2 Å². The summed E-state index contributed by atoms with van der Waals surface area (Å²) < 4.78 is 5.78. The molecule has 0 aromatic heterocycles. The van der Waals surface area contributed by atoms with Crippen LogP contribution >= 0.6 is 11.6 Å². The van der Waals surface area contributed by atoms with Crippen molar-refractivity contribution in [2.24, 2.45) is 0 Å². The Morgan fingerprint density at radius 1 is 1.16 bits per heavy atom. The molecule has 1 heterocycles. The second-order valence-electron chi connectivity index (χ2n) is 7.80. The van der Waals surface area contributed by atoms with Gasteiger partial charge in [0.05, 0.1) is 25.9 Å². The van der Waals surface area contributed by atoms with Crippen LogP contribution in [0.25, 0.3) is 0 Å². The van der Waals surface area contributed by atoms with Gasteiger partial charge in [-0.1, -0.05) is 29.8 Å². The lowest BCUT2D eigenvalue weighted by molar-refractivity contribution is -0.0537. The standard InChI is InChI=1S/C23H28ClN3O4/c1-15-5-10-20(11-21(15)24)27(23(29)26-12-16(2)31-17(3)13-26)14-18-6-8-19(9-7-18)22(28)25-30-4/h5-11,16-17H,12-14H2,1-4H3,(H,25,28). The zero-order valence-electron chi connectivity index (χ0n) is 18.2. The first-order valence-electron chi connectivity index (χ1n) is 10.2. The van der Waals surface area contributed by atoms with E-state index in [-0.39, 0.29) is 24.1 Å². The van der Waals surface area contributed by atoms with Gasteiger partial charge >= 0.3 is 6.03 Å². The molecule has 0 spiro atoms. The molecular weight excluding hydrogens is 418 g/mol. The Bertz CT molecular complexity index is 925. The van der Waals surface area contributed by atoms with E-state index in [1.165, 1.54) is 7.11 Å². The van der Waals surface area contributed by atoms with Crippen molar-refractivity contribution < 1.29 is 19.2 Å². The highest BCUT2D eigenvalue weighted by Crippen LogP contribution is 2.26. The van der Waals surface area contributed by atoms with Gasteiger partial charge in [0, 0.05) is 29.4 Å². The minimum absolute atomic E-state index is 0.0327. The zero-order chi connectivity index (χ0) is 22.5. The number of urea groups is 1. The normalized spacial score (nSPS) is 18.5. The molecule has 1 N–H and O–H groups in total. The minimum Gasteiger partial charge on any atom is -0.372 e. The van der Waals surface area contributed by atoms with E-state index in [4.69, 9.17) is 16.3 Å². The Hall–Kier alpha value is -2.61. The number of anilines is 1. The zero-order valence-corrected chi connectivity index (χ0v) is 19.0. The second kappa shape index (κ2) is 10.1. The predicted octanol–water partition coefficient (Wildman–Crippen LogP) is 4.18. The van der Waals surface area contributed by atoms with E-state index in [0.29, 0.717) is 35.9 Å². The van der Waals surface area contributed by atoms with E-state index in [2.05, 4.69) is 10.3 Å². The highest BCUT2D eigenvalue weighted by molar-refractivity contribution is 6.31. The summed E-state index contributed by atoms with van der Waals surface area (Å²) in [5.74, 6) is -0.330. The molecule has 3 rings (SSSR count). The minimum atomic E-state index is -0.330. The SMILES string of the molecule is CONC(=O)c1ccc(CN(C(=O)N2CC(C)OC(C)C2)c2ccc(C)c(Cl)c2)cc1. The number of morpholine rings is 1. The molecule has 2 aromatic rings. The quantitative estimate of drug-likeness (QED) is 0.701. The van der Waals surface area contributed by atoms with Crippen LogP contribution in [-0.2, 0) is 16.1 Å². The second-order valence-corrected chi connectivity index (χ2v) is 8.20. The Kier molecular flexibility index (Phi) is 7.54. The molecule has 1 fully saturated rings. The number of rotatable bonds is 5. The molecular formula is C23H28ClN3O4. The third kappa shape index (κ3) is 5.76. The fourth-order valence-corrected chi connectivity index (χ4v) is 3.79. The Morgan fingerprint density at radius 3 is 2.39 bits per heavy atom. The smallest absolute Gasteiger partial charge is 0.324 e. The van der Waals surface area contributed by atoms with Crippen LogP contribution in [0, 0.1) is 6.92 Å². The van der Waals surface area contributed by atoms with Crippen LogP contribution in [0.15, 0.2) is 42.5 Å². The van der Waals surface area contributed by atoms with Crippen molar-refractivity contribution in [2.45, 2.75) is 39.5 Å². The van der Waals surface area contributed by atoms with Gasteiger partial charge in [0.2, 0.25) is 0 Å². The molecule has 8 heteroatoms. The maximum absolute atomic E-state index is 13.5. The lowest BCUT2D eigenvalue weighted by atomic mass is 10.1. The molecule has 2 unspecified atom stereocenters. The highest BCUT2D eigenvalue weighted by atomic mass is 35.5. The Morgan fingerprint density at radius 2 is 1.81 bits per heavy atom. The summed E-state index contributed by atoms with van der Waals surface area (Å²) in [5.41, 5.74) is 5.31. The van der Waals surface area contributed by atoms with Gasteiger partial charge in [-0.05, 0) is 56.2 Å². The first-order valence-corrected chi connectivity index (χ1v) is 10.6. The number of hydrogen-bond donors (Lipinski definition) is 1. The number of nitrogens with one attached hydrogen (secondary N) is 1. The fraction of sp³-hybridized carbons (Fsp3) is 0.391. The van der Waals surface area contributed by atoms with Crippen LogP contribution in [0.1, 0.15) is 35.3 Å². The van der Waals surface area contributed by atoms with E-state index >= 15 is 0 Å². The largest absolute Gasteiger partial charge is 0.372 e. The molecule has 3 amide bonds. The Labute approximate surface area is 187 Å². The van der Waals surface area contributed by atoms with E-state index in [0.717, 1.165) is 11.1 Å². The number of hydrogen-bond acceptors (Lipinski definition) is 4. The topological polar surface area (TPSA) is 71.1 Å². The number of hydroxylamine groups is 1. The molecule has 0 bridgehead atoms. The lowest BCUT2D eigenvalue weighted by Gasteiger charge is -2.38. The summed E-state index contributed by atoms with van der Waals surface area (Å²) in [6.07, 6.45) is -0.0653. The molecule has 7 nitrogen and oxygen atoms in total. The number of carbonyl (C=O) groups excluding carboxylic acids is 2. The highest BCUT2D eigenvalue weighted by Gasteiger charge is 2.30. The third-order valence-corrected chi connectivity index (χ3v) is 5.55. The van der Waals surface area contributed by atoms with Gasteiger partial charge in [-0.15, -0.1) is 0 Å². The molecule has 1 aliphatic rings. The van der Waals surface area contributed by atoms with Crippen LogP contribution in [0.2, 0.25) is 5.02 Å². The molecule has 2 aromatic carbocycles. The number of halogens is 1. The number of aryl methyl sites for hydroxylation is 1. The molecule has 1 saturated heterocycles. The third-order valence-electron chi connectivity index (χ3n) is 5.14. The first-order chi connectivity index (χ1) is 14.8. The average Bonchev–Trinajstić information content (AvgIpc) is 2.73. The molecule has 1 aliphatic heterocycles. The van der Waals surface area contributed by atoms with Crippen LogP contribution in [0.5, 0.6) is 0 Å². The number of carbonyl (C=O) groups is 2. The fourth-order valence-electron chi connectivity index (χ4n) is 3.62. The van der Waals surface area contributed by atoms with Gasteiger partial charge in [0.25, 0.3) is 5.91 Å². The number of ether oxygens (including phenoxy) is 1. The summed E-state index contributed by atoms with van der Waals surface area (Å²) in [6.45, 7) is 7.24. The van der Waals surface area contributed by atoms with Crippen molar-refractivity contribution in [1.29, 1.82) is 0 Å². The maximum atomic E-state index is 13.5. The van der Waals surface area contributed by atoms with Crippen LogP contribution < -0.4 is 10.4 Å². The van der Waals surface area contributed by atoms with Crippen LogP contribution in [-0.4, -0.2) is 49.2 Å². The van der Waals surface area contributed by atoms with E-state index < -0.39 is 0 Å². The number of nitrogens with zero attached hydrogens (tertiary/aromatic N) is 2. The van der Waals surface area contributed by atoms with Gasteiger partial charge in [-0.2, -0.15) is 0 Å². The lowest BCUT2D eigenvalue weighted by Crippen LogP contribution is -2.52. The van der Waals surface area contributed by atoms with Crippen molar-refractivity contribution in [3.8, 4) is 0 Å². The van der Waals surface area contributed by atoms with Gasteiger partial charge in [0.1, 0.15) is 0 Å². The molecule has 0 radical (unpaired) electrons. The van der Waals surface area contributed by atoms with Gasteiger partial charge < -0.3 is 9.64 Å². The molecule has 31 heavy (non-hydrogen) atoms. The van der Waals surface area contributed by atoms with Gasteiger partial charge in [0.15, 0.2) is 0 Å². The predicted molar refractivity (Wildman–Crippen MR) is 120 cm³/mol. The van der Waals surface area contributed by atoms with Gasteiger partial charge in [-0.25, -0.2) is 10.3 Å². The molecule has 166 valence electrons. The van der Waals surface area contributed by atoms with E-state index in [1.54, 1.807) is 17.0 Å². The van der Waals surface area contributed by atoms with Crippen molar-refractivity contribution in [3.63, 3.8) is 0 Å². The summed E-state index contributed by atoms with van der Waals surface area (Å²) in [7, 11) is 1.38. The van der Waals surface area contributed by atoms with Gasteiger partial charge in [-0.3, -0.25) is 14.5 Å². The first kappa shape index (κ1) is 23.1. The van der Waals surface area contributed by atoms with Crippen molar-refractivity contribution in [1.82, 2.24) is 10.4 Å². The van der Waals surface area contributed by atoms with Crippen LogP contribution in [0.4, 0.5) is 10.5 Å². The van der Waals surface area contributed by atoms with Crippen molar-refractivity contribution >= 4 is 29.2 Å². The molecule has 0 aliphatic carbocycles. The summed E-state index contributed by atoms with van der Waals surface area (Å²) in [4.78, 5) is 33.6. The number of benzene rings is 2.